The van der Waals surface area contributed by atoms with Crippen LogP contribution >= 0.6 is 0 Å². The lowest BCUT2D eigenvalue weighted by atomic mass is 10.3. The van der Waals surface area contributed by atoms with Crippen molar-refractivity contribution in [3.63, 3.8) is 0 Å². The third-order valence-electron chi connectivity index (χ3n) is 3.33. The minimum Gasteiger partial charge on any atom is -0.396 e. The number of hydrogen-bond donors (Lipinski definition) is 2. The maximum atomic E-state index is 12.2. The van der Waals surface area contributed by atoms with Gasteiger partial charge < -0.3 is 15.3 Å². The van der Waals surface area contributed by atoms with Crippen molar-refractivity contribution in [3.8, 4) is 0 Å². The quantitative estimate of drug-likeness (QED) is 0.746. The van der Waals surface area contributed by atoms with E-state index in [-0.39, 0.29) is 12.6 Å². The molecule has 20 heavy (non-hydrogen) atoms. The number of unbranched alkanes of at least 4 members (excludes halogenated alkanes) is 1. The second kappa shape index (κ2) is 7.19. The van der Waals surface area contributed by atoms with Gasteiger partial charge in [-0.3, -0.25) is 0 Å². The minimum atomic E-state index is -0.0988. The number of carbonyl (C=O) groups is 1. The van der Waals surface area contributed by atoms with E-state index in [2.05, 4.69) is 15.3 Å². The summed E-state index contributed by atoms with van der Waals surface area (Å²) in [7, 11) is 0. The zero-order chi connectivity index (χ0) is 14.4. The molecule has 1 saturated carbocycles. The number of aryl methyl sites for hydroxylation is 1. The van der Waals surface area contributed by atoms with E-state index < -0.39 is 0 Å². The number of hydrogen-bond acceptors (Lipinski definition) is 4. The normalized spacial score (nSPS) is 14.1. The van der Waals surface area contributed by atoms with E-state index >= 15 is 0 Å². The fourth-order valence-electron chi connectivity index (χ4n) is 2.03. The summed E-state index contributed by atoms with van der Waals surface area (Å²) in [5.41, 5.74) is 0.625. The maximum Gasteiger partial charge on any atom is 0.322 e. The van der Waals surface area contributed by atoms with Crippen molar-refractivity contribution in [1.82, 2.24) is 14.9 Å². The Bertz CT molecular complexity index is 431. The third kappa shape index (κ3) is 4.16. The Morgan fingerprint density at radius 1 is 1.40 bits per heavy atom. The van der Waals surface area contributed by atoms with E-state index in [1.54, 1.807) is 12.4 Å². The molecule has 1 aromatic heterocycles. The van der Waals surface area contributed by atoms with Gasteiger partial charge in [-0.25, -0.2) is 14.8 Å². The van der Waals surface area contributed by atoms with Crippen LogP contribution in [0.5, 0.6) is 0 Å². The van der Waals surface area contributed by atoms with Crippen LogP contribution < -0.4 is 5.32 Å². The summed E-state index contributed by atoms with van der Waals surface area (Å²) in [5, 5.41) is 11.7. The molecular formula is C14H22N4O2. The van der Waals surface area contributed by atoms with Crippen LogP contribution in [0.2, 0.25) is 0 Å². The third-order valence-corrected chi connectivity index (χ3v) is 3.33. The minimum absolute atomic E-state index is 0.0988. The molecule has 0 unspecified atom stereocenters. The van der Waals surface area contributed by atoms with Crippen molar-refractivity contribution in [2.75, 3.05) is 18.5 Å². The summed E-state index contributed by atoms with van der Waals surface area (Å²) in [6.45, 7) is 2.85. The van der Waals surface area contributed by atoms with Crippen molar-refractivity contribution < 1.29 is 9.90 Å². The molecule has 2 N–H and O–H groups in total. The molecule has 1 aromatic rings. The van der Waals surface area contributed by atoms with E-state index in [9.17, 15) is 4.79 Å². The molecule has 1 heterocycles. The van der Waals surface area contributed by atoms with Gasteiger partial charge in [-0.2, -0.15) is 0 Å². The van der Waals surface area contributed by atoms with Crippen molar-refractivity contribution in [3.05, 3.63) is 18.2 Å². The molecule has 0 aromatic carbocycles. The fourth-order valence-corrected chi connectivity index (χ4v) is 2.03. The summed E-state index contributed by atoms with van der Waals surface area (Å²) in [6.07, 6.45) is 7.75. The van der Waals surface area contributed by atoms with Crippen LogP contribution in [0.3, 0.4) is 0 Å². The van der Waals surface area contributed by atoms with Gasteiger partial charge >= 0.3 is 6.03 Å². The molecule has 1 aliphatic carbocycles. The first-order chi connectivity index (χ1) is 9.74. The maximum absolute atomic E-state index is 12.2. The molecule has 1 aliphatic rings. The molecule has 0 aliphatic heterocycles. The standard InChI is InChI=1S/C14H22N4O2/c1-2-13-15-9-11(10-16-13)17-14(20)18(12-5-6-12)7-3-4-8-19/h9-10,12,19H,2-8H2,1H3,(H,17,20). The predicted octanol–water partition coefficient (Wildman–Crippen LogP) is 1.81. The first-order valence-electron chi connectivity index (χ1n) is 7.24. The number of carbonyl (C=O) groups excluding carboxylic acids is 1. The second-order valence-electron chi connectivity index (χ2n) is 5.03. The van der Waals surface area contributed by atoms with Gasteiger partial charge in [0, 0.05) is 25.6 Å². The van der Waals surface area contributed by atoms with Crippen molar-refractivity contribution in [1.29, 1.82) is 0 Å². The monoisotopic (exact) mass is 278 g/mol. The van der Waals surface area contributed by atoms with Gasteiger partial charge in [0.2, 0.25) is 0 Å². The molecule has 0 bridgehead atoms. The summed E-state index contributed by atoms with van der Waals surface area (Å²) >= 11 is 0. The van der Waals surface area contributed by atoms with Gasteiger partial charge in [0.1, 0.15) is 5.82 Å². The van der Waals surface area contributed by atoms with Gasteiger partial charge in [0.25, 0.3) is 0 Å². The molecule has 0 spiro atoms. The van der Waals surface area contributed by atoms with Gasteiger partial charge in [-0.05, 0) is 25.7 Å². The highest BCUT2D eigenvalue weighted by Crippen LogP contribution is 2.27. The molecule has 6 heteroatoms. The Balaban J connectivity index is 1.89. The fraction of sp³-hybridized carbons (Fsp3) is 0.643. The van der Waals surface area contributed by atoms with Crippen LogP contribution in [0.1, 0.15) is 38.4 Å². The topological polar surface area (TPSA) is 78.4 Å². The highest BCUT2D eigenvalue weighted by atomic mass is 16.3. The van der Waals surface area contributed by atoms with Gasteiger partial charge in [0.05, 0.1) is 18.1 Å². The lowest BCUT2D eigenvalue weighted by Crippen LogP contribution is -2.37. The van der Waals surface area contributed by atoms with E-state index in [0.717, 1.165) is 37.9 Å². The van der Waals surface area contributed by atoms with Crippen LogP contribution in [0.15, 0.2) is 12.4 Å². The molecule has 2 amide bonds. The Kier molecular flexibility index (Phi) is 5.29. The average Bonchev–Trinajstić information content (AvgIpc) is 3.29. The first-order valence-corrected chi connectivity index (χ1v) is 7.24. The predicted molar refractivity (Wildman–Crippen MR) is 76.5 cm³/mol. The number of aliphatic hydroxyl groups excluding tert-OH is 1. The Labute approximate surface area is 119 Å². The smallest absolute Gasteiger partial charge is 0.322 e. The van der Waals surface area contributed by atoms with Gasteiger partial charge in [-0.15, -0.1) is 0 Å². The molecule has 110 valence electrons. The SMILES string of the molecule is CCc1ncc(NC(=O)N(CCCCO)C2CC2)cn1. The van der Waals surface area contributed by atoms with Crippen LogP contribution in [-0.4, -0.2) is 45.2 Å². The second-order valence-corrected chi connectivity index (χ2v) is 5.03. The number of urea groups is 1. The summed E-state index contributed by atoms with van der Waals surface area (Å²) < 4.78 is 0. The number of aliphatic hydroxyl groups is 1. The lowest BCUT2D eigenvalue weighted by molar-refractivity contribution is 0.204. The molecular weight excluding hydrogens is 256 g/mol. The summed E-state index contributed by atoms with van der Waals surface area (Å²) in [4.78, 5) is 22.4. The van der Waals surface area contributed by atoms with Gasteiger partial charge in [0.15, 0.2) is 0 Å². The van der Waals surface area contributed by atoms with E-state index in [1.165, 1.54) is 0 Å². The first kappa shape index (κ1) is 14.7. The van der Waals surface area contributed by atoms with E-state index in [4.69, 9.17) is 5.11 Å². The number of anilines is 1. The van der Waals surface area contributed by atoms with Gasteiger partial charge in [-0.1, -0.05) is 6.92 Å². The van der Waals surface area contributed by atoms with Crippen molar-refractivity contribution in [2.24, 2.45) is 0 Å². The van der Waals surface area contributed by atoms with E-state index in [1.807, 2.05) is 11.8 Å². The van der Waals surface area contributed by atoms with Crippen molar-refractivity contribution in [2.45, 2.75) is 45.1 Å². The molecule has 0 atom stereocenters. The Hall–Kier alpha value is -1.69. The molecule has 2 rings (SSSR count). The number of amides is 2. The van der Waals surface area contributed by atoms with E-state index in [0.29, 0.717) is 18.3 Å². The van der Waals surface area contributed by atoms with Crippen LogP contribution in [0, 0.1) is 0 Å². The molecule has 0 saturated heterocycles. The van der Waals surface area contributed by atoms with Crippen LogP contribution in [0.25, 0.3) is 0 Å². The molecule has 6 nitrogen and oxygen atoms in total. The summed E-state index contributed by atoms with van der Waals surface area (Å²) in [5.74, 6) is 0.769. The molecule has 0 radical (unpaired) electrons. The highest BCUT2D eigenvalue weighted by molar-refractivity contribution is 5.89. The number of aromatic nitrogens is 2. The van der Waals surface area contributed by atoms with Crippen LogP contribution in [-0.2, 0) is 6.42 Å². The van der Waals surface area contributed by atoms with Crippen LogP contribution in [0.4, 0.5) is 10.5 Å². The molecule has 1 fully saturated rings. The van der Waals surface area contributed by atoms with Crippen molar-refractivity contribution >= 4 is 11.7 Å². The Morgan fingerprint density at radius 2 is 2.10 bits per heavy atom. The number of nitrogens with zero attached hydrogens (tertiary/aromatic N) is 3. The number of rotatable bonds is 7. The summed E-state index contributed by atoms with van der Waals surface area (Å²) in [6, 6.07) is 0.253. The number of nitrogens with one attached hydrogen (secondary N) is 1. The Morgan fingerprint density at radius 3 is 2.65 bits per heavy atom. The average molecular weight is 278 g/mol. The zero-order valence-corrected chi connectivity index (χ0v) is 11.9. The largest absolute Gasteiger partial charge is 0.396 e. The zero-order valence-electron chi connectivity index (χ0n) is 11.9. The lowest BCUT2D eigenvalue weighted by Gasteiger charge is -2.22. The highest BCUT2D eigenvalue weighted by Gasteiger charge is 2.32.